The highest BCUT2D eigenvalue weighted by Gasteiger charge is 2.33. The topological polar surface area (TPSA) is 138 Å². The Morgan fingerprint density at radius 3 is 1.45 bits per heavy atom. The SMILES string of the molecule is Cc1c(-c2cccnc2-c2ccc(C#N)cc2)c(=O)n(C(C)C)c(=O)n1-c1cccc(C(F)(F)F)c1.Cc1c(-c2cccnc2Br)c(=O)n(C(C)C)c(=O)n1-c1cccc(C(F)(F)F)c1. The van der Waals surface area contributed by atoms with Crippen molar-refractivity contribution in [2.75, 3.05) is 0 Å². The van der Waals surface area contributed by atoms with E-state index in [1.807, 2.05) is 6.07 Å². The van der Waals surface area contributed by atoms with Crippen molar-refractivity contribution < 1.29 is 26.3 Å². The van der Waals surface area contributed by atoms with Gasteiger partial charge in [-0.2, -0.15) is 31.6 Å². The second-order valence-electron chi connectivity index (χ2n) is 15.2. The van der Waals surface area contributed by atoms with Crippen LogP contribution in [0.15, 0.2) is 133 Å². The molecule has 0 unspecified atom stereocenters. The van der Waals surface area contributed by atoms with Gasteiger partial charge in [0.15, 0.2) is 0 Å². The third-order valence-electron chi connectivity index (χ3n) is 10.3. The minimum absolute atomic E-state index is 0.00760. The van der Waals surface area contributed by atoms with Gasteiger partial charge in [-0.25, -0.2) is 14.6 Å². The number of benzene rings is 3. The first-order valence-corrected chi connectivity index (χ1v) is 20.6. The minimum Gasteiger partial charge on any atom is -0.268 e. The fourth-order valence-corrected chi connectivity index (χ4v) is 7.79. The van der Waals surface area contributed by atoms with Gasteiger partial charge in [-0.1, -0.05) is 30.3 Å². The zero-order valence-electron chi connectivity index (χ0n) is 35.5. The quantitative estimate of drug-likeness (QED) is 0.115. The molecule has 7 aromatic rings. The maximum atomic E-state index is 13.6. The third-order valence-corrected chi connectivity index (χ3v) is 11.0. The van der Waals surface area contributed by atoms with Gasteiger partial charge in [-0.3, -0.25) is 32.8 Å². The Kier molecular flexibility index (Phi) is 13.5. The Hall–Kier alpha value is -7.13. The smallest absolute Gasteiger partial charge is 0.268 e. The first kappa shape index (κ1) is 47.4. The second kappa shape index (κ2) is 18.5. The minimum atomic E-state index is -4.60. The van der Waals surface area contributed by atoms with E-state index in [0.717, 1.165) is 42.5 Å². The zero-order chi connectivity index (χ0) is 47.7. The molecule has 0 bridgehead atoms. The lowest BCUT2D eigenvalue weighted by molar-refractivity contribution is -0.138. The molecule has 0 aliphatic rings. The molecular formula is C47H38BrF6N7O4. The molecule has 65 heavy (non-hydrogen) atoms. The molecule has 0 radical (unpaired) electrons. The molecule has 334 valence electrons. The molecular weight excluding hydrogens is 920 g/mol. The van der Waals surface area contributed by atoms with E-state index in [1.54, 1.807) is 82.4 Å². The van der Waals surface area contributed by atoms with Crippen molar-refractivity contribution in [3.8, 4) is 51.0 Å². The highest BCUT2D eigenvalue weighted by molar-refractivity contribution is 9.10. The third kappa shape index (κ3) is 9.41. The van der Waals surface area contributed by atoms with Crippen LogP contribution >= 0.6 is 15.9 Å². The summed E-state index contributed by atoms with van der Waals surface area (Å²) in [5.41, 5.74) is -1.17. The van der Waals surface area contributed by atoms with Crippen LogP contribution in [-0.4, -0.2) is 28.2 Å². The molecule has 7 rings (SSSR count). The molecule has 11 nitrogen and oxygen atoms in total. The van der Waals surface area contributed by atoms with Crippen LogP contribution in [0.3, 0.4) is 0 Å². The van der Waals surface area contributed by atoms with Gasteiger partial charge in [0.05, 0.1) is 51.0 Å². The Bertz CT molecular complexity index is 3230. The summed E-state index contributed by atoms with van der Waals surface area (Å²) in [6, 6.07) is 23.1. The number of pyridine rings is 2. The van der Waals surface area contributed by atoms with E-state index in [1.165, 1.54) is 44.3 Å². The molecule has 4 aromatic heterocycles. The summed E-state index contributed by atoms with van der Waals surface area (Å²) >= 11 is 3.30. The number of rotatable bonds is 7. The summed E-state index contributed by atoms with van der Waals surface area (Å²) in [6.07, 6.45) is -6.08. The molecule has 3 aromatic carbocycles. The molecule has 0 aliphatic heterocycles. The molecule has 18 heteroatoms. The lowest BCUT2D eigenvalue weighted by Gasteiger charge is -2.21. The maximum absolute atomic E-state index is 13.6. The van der Waals surface area contributed by atoms with Gasteiger partial charge in [0.1, 0.15) is 4.60 Å². The Morgan fingerprint density at radius 2 is 1.03 bits per heavy atom. The molecule has 0 amide bonds. The number of hydrogen-bond acceptors (Lipinski definition) is 7. The predicted molar refractivity (Wildman–Crippen MR) is 237 cm³/mol. The molecule has 0 N–H and O–H groups in total. The molecule has 0 saturated carbocycles. The van der Waals surface area contributed by atoms with Crippen molar-refractivity contribution in [3.63, 3.8) is 0 Å². The number of hydrogen-bond donors (Lipinski definition) is 0. The van der Waals surface area contributed by atoms with Crippen molar-refractivity contribution >= 4 is 15.9 Å². The van der Waals surface area contributed by atoms with E-state index in [0.29, 0.717) is 32.6 Å². The van der Waals surface area contributed by atoms with Gasteiger partial charge < -0.3 is 0 Å². The molecule has 0 fully saturated rings. The van der Waals surface area contributed by atoms with Crippen LogP contribution in [0.5, 0.6) is 0 Å². The maximum Gasteiger partial charge on any atom is 0.416 e. The fourth-order valence-electron chi connectivity index (χ4n) is 7.34. The number of aromatic nitrogens is 6. The Labute approximate surface area is 375 Å². The summed E-state index contributed by atoms with van der Waals surface area (Å²) in [6.45, 7) is 9.70. The van der Waals surface area contributed by atoms with Gasteiger partial charge in [-0.05, 0) is 124 Å². The Balaban J connectivity index is 0.000000221. The van der Waals surface area contributed by atoms with Crippen LogP contribution in [0.4, 0.5) is 26.3 Å². The van der Waals surface area contributed by atoms with Crippen LogP contribution in [0, 0.1) is 25.2 Å². The van der Waals surface area contributed by atoms with E-state index >= 15 is 0 Å². The van der Waals surface area contributed by atoms with E-state index < -0.39 is 58.1 Å². The average Bonchev–Trinajstić information content (AvgIpc) is 3.24. The van der Waals surface area contributed by atoms with Crippen molar-refractivity contribution in [1.29, 1.82) is 5.26 Å². The number of alkyl halides is 6. The number of nitrogens with zero attached hydrogens (tertiary/aromatic N) is 7. The summed E-state index contributed by atoms with van der Waals surface area (Å²) in [4.78, 5) is 61.9. The van der Waals surface area contributed by atoms with Gasteiger partial charge in [0.25, 0.3) is 11.1 Å². The van der Waals surface area contributed by atoms with Crippen LogP contribution < -0.4 is 22.5 Å². The lowest BCUT2D eigenvalue weighted by atomic mass is 9.98. The van der Waals surface area contributed by atoms with E-state index in [2.05, 4.69) is 25.9 Å². The predicted octanol–water partition coefficient (Wildman–Crippen LogP) is 10.2. The standard InChI is InChI=1S/C27H21F3N4O2.C20H17BrF3N3O2/c1-16(2)33-25(35)23(22-8-5-13-32-24(22)19-11-9-18(15-31)10-12-19)17(3)34(26(33)36)21-7-4-6-20(14-21)27(28,29)30;1-11(2)26-18(28)16(15-8-5-9-25-17(15)21)12(3)27(19(26)29)14-7-4-6-13(10-14)20(22,23)24/h4-14,16H,1-3H3;4-11H,1-3H3. The summed E-state index contributed by atoms with van der Waals surface area (Å²) in [5.74, 6) is 0. The number of halogens is 7. The second-order valence-corrected chi connectivity index (χ2v) is 16.0. The van der Waals surface area contributed by atoms with Gasteiger partial charge in [0.2, 0.25) is 0 Å². The lowest BCUT2D eigenvalue weighted by Crippen LogP contribution is -2.42. The van der Waals surface area contributed by atoms with Crippen molar-refractivity contribution in [1.82, 2.24) is 28.2 Å². The first-order chi connectivity index (χ1) is 30.6. The van der Waals surface area contributed by atoms with E-state index in [9.17, 15) is 45.5 Å². The molecule has 4 heterocycles. The zero-order valence-corrected chi connectivity index (χ0v) is 37.0. The summed E-state index contributed by atoms with van der Waals surface area (Å²) < 4.78 is 84.6. The van der Waals surface area contributed by atoms with E-state index in [-0.39, 0.29) is 33.9 Å². The van der Waals surface area contributed by atoms with Gasteiger partial charge in [-0.15, -0.1) is 0 Å². The van der Waals surface area contributed by atoms with Crippen LogP contribution in [0.1, 0.15) is 67.9 Å². The molecule has 0 saturated heterocycles. The highest BCUT2D eigenvalue weighted by Crippen LogP contribution is 2.34. The fraction of sp³-hybridized carbons (Fsp3) is 0.213. The molecule has 0 aliphatic carbocycles. The highest BCUT2D eigenvalue weighted by atomic mass is 79.9. The largest absolute Gasteiger partial charge is 0.416 e. The van der Waals surface area contributed by atoms with Crippen LogP contribution in [-0.2, 0) is 12.4 Å². The van der Waals surface area contributed by atoms with Crippen molar-refractivity contribution in [3.05, 3.63) is 184 Å². The van der Waals surface area contributed by atoms with Gasteiger partial charge in [0, 0.05) is 52.6 Å². The van der Waals surface area contributed by atoms with Crippen LogP contribution in [0.25, 0.3) is 44.9 Å². The van der Waals surface area contributed by atoms with Crippen molar-refractivity contribution in [2.45, 2.75) is 66.0 Å². The Morgan fingerprint density at radius 1 is 0.600 bits per heavy atom. The first-order valence-electron chi connectivity index (χ1n) is 19.8. The van der Waals surface area contributed by atoms with Crippen LogP contribution in [0.2, 0.25) is 0 Å². The average molecular weight is 959 g/mol. The normalized spacial score (nSPS) is 11.7. The number of nitriles is 1. The van der Waals surface area contributed by atoms with Gasteiger partial charge >= 0.3 is 23.7 Å². The summed E-state index contributed by atoms with van der Waals surface area (Å²) in [5, 5.41) is 9.11. The molecule has 0 spiro atoms. The molecule has 0 atom stereocenters. The summed E-state index contributed by atoms with van der Waals surface area (Å²) in [7, 11) is 0. The van der Waals surface area contributed by atoms with Crippen molar-refractivity contribution in [2.24, 2.45) is 0 Å². The monoisotopic (exact) mass is 957 g/mol. The van der Waals surface area contributed by atoms with E-state index in [4.69, 9.17) is 5.26 Å².